The minimum atomic E-state index is -1.51. The summed E-state index contributed by atoms with van der Waals surface area (Å²) in [6.45, 7) is 14.2. The van der Waals surface area contributed by atoms with E-state index in [1.807, 2.05) is 39.8 Å². The van der Waals surface area contributed by atoms with Crippen LogP contribution in [0.2, 0.25) is 19.6 Å². The van der Waals surface area contributed by atoms with Crippen molar-refractivity contribution in [3.05, 3.63) is 40.8 Å². The minimum absolute atomic E-state index is 0.358. The Balaban J connectivity index is 2.45. The van der Waals surface area contributed by atoms with Gasteiger partial charge in [-0.15, -0.1) is 0 Å². The lowest BCUT2D eigenvalue weighted by Gasteiger charge is -2.31. The normalized spacial score (nSPS) is 13.8. The van der Waals surface area contributed by atoms with Crippen LogP contribution >= 0.6 is 0 Å². The predicted octanol–water partition coefficient (Wildman–Crippen LogP) is 4.93. The van der Waals surface area contributed by atoms with E-state index in [2.05, 4.69) is 37.1 Å². The highest BCUT2D eigenvalue weighted by molar-refractivity contribution is 6.78. The lowest BCUT2D eigenvalue weighted by atomic mass is 9.97. The van der Waals surface area contributed by atoms with Crippen molar-refractivity contribution in [2.45, 2.75) is 52.9 Å². The molecule has 22 heavy (non-hydrogen) atoms. The summed E-state index contributed by atoms with van der Waals surface area (Å²) < 4.78 is 5.50. The first kappa shape index (κ1) is 16.5. The third kappa shape index (κ3) is 3.66. The Labute approximate surface area is 134 Å². The predicted molar refractivity (Wildman–Crippen MR) is 93.4 cm³/mol. The molecule has 1 heterocycles. The van der Waals surface area contributed by atoms with E-state index in [1.54, 1.807) is 4.90 Å². The number of carbonyl (C=O) groups excluding carboxylic acids is 1. The molecule has 0 N–H and O–H groups in total. The number of amides is 1. The van der Waals surface area contributed by atoms with Crippen molar-refractivity contribution in [1.82, 2.24) is 0 Å². The van der Waals surface area contributed by atoms with Gasteiger partial charge in [-0.05, 0) is 65.0 Å². The van der Waals surface area contributed by atoms with E-state index in [-0.39, 0.29) is 6.09 Å². The van der Waals surface area contributed by atoms with Crippen LogP contribution in [0, 0.1) is 12.6 Å². The molecule has 0 spiro atoms. The van der Waals surface area contributed by atoms with Crippen molar-refractivity contribution < 1.29 is 9.53 Å². The fourth-order valence-electron chi connectivity index (χ4n) is 2.09. The maximum atomic E-state index is 12.4. The highest BCUT2D eigenvalue weighted by atomic mass is 28.3. The van der Waals surface area contributed by atoms with Gasteiger partial charge >= 0.3 is 6.09 Å². The number of carbonyl (C=O) groups is 1. The number of benzene rings is 1. The topological polar surface area (TPSA) is 29.5 Å². The number of aryl methyl sites for hydroxylation is 1. The van der Waals surface area contributed by atoms with Crippen LogP contribution in [0.5, 0.6) is 0 Å². The van der Waals surface area contributed by atoms with Crippen LogP contribution in [-0.2, 0) is 4.74 Å². The molecule has 0 saturated heterocycles. The third-order valence-corrected chi connectivity index (χ3v) is 3.88. The van der Waals surface area contributed by atoms with Gasteiger partial charge in [0.15, 0.2) is 5.73 Å². The molecule has 1 aliphatic rings. The van der Waals surface area contributed by atoms with E-state index in [0.29, 0.717) is 0 Å². The highest BCUT2D eigenvalue weighted by Gasteiger charge is 2.44. The minimum Gasteiger partial charge on any atom is -0.442 e. The Hall–Kier alpha value is -1.86. The van der Waals surface area contributed by atoms with E-state index in [9.17, 15) is 4.79 Å². The summed E-state index contributed by atoms with van der Waals surface area (Å²) in [7, 11) is -1.51. The Morgan fingerprint density at radius 2 is 1.91 bits per heavy atom. The summed E-state index contributed by atoms with van der Waals surface area (Å²) >= 11 is 0. The zero-order valence-electron chi connectivity index (χ0n) is 14.5. The molecule has 0 aromatic heterocycles. The van der Waals surface area contributed by atoms with Gasteiger partial charge in [-0.3, -0.25) is 0 Å². The number of fused-ring (bicyclic) bond motifs is 1. The van der Waals surface area contributed by atoms with Crippen LogP contribution in [0.15, 0.2) is 23.9 Å². The average Bonchev–Trinajstić information content (AvgIpc) is 2.28. The van der Waals surface area contributed by atoms with Crippen LogP contribution in [0.25, 0.3) is 5.70 Å². The van der Waals surface area contributed by atoms with Gasteiger partial charge in [-0.25, -0.2) is 4.79 Å². The summed E-state index contributed by atoms with van der Waals surface area (Å²) in [6.07, 6.45) is -0.358. The van der Waals surface area contributed by atoms with Crippen LogP contribution in [0.4, 0.5) is 10.5 Å². The Morgan fingerprint density at radius 1 is 1.27 bits per heavy atom. The quantitative estimate of drug-likeness (QED) is 0.418. The molecule has 0 atom stereocenters. The molecular weight excluding hydrogens is 290 g/mol. The molecule has 0 aliphatic carbocycles. The van der Waals surface area contributed by atoms with Crippen molar-refractivity contribution in [3.63, 3.8) is 0 Å². The average molecular weight is 314 g/mol. The number of rotatable bonds is 1. The van der Waals surface area contributed by atoms with Gasteiger partial charge in [0.25, 0.3) is 8.07 Å². The van der Waals surface area contributed by atoms with Gasteiger partial charge in [-0.1, -0.05) is 6.07 Å². The van der Waals surface area contributed by atoms with Gasteiger partial charge in [0.05, 0.1) is 5.70 Å². The first-order chi connectivity index (χ1) is 9.98. The molecular formula is C18H24NO2Si+. The van der Waals surface area contributed by atoms with Gasteiger partial charge < -0.3 is 4.74 Å². The Bertz CT molecular complexity index is 671. The Kier molecular flexibility index (Phi) is 4.05. The van der Waals surface area contributed by atoms with Gasteiger partial charge in [0.1, 0.15) is 16.9 Å². The molecule has 1 amide bonds. The molecule has 2 rings (SSSR count). The molecule has 3 nitrogen and oxygen atoms in total. The van der Waals surface area contributed by atoms with Crippen molar-refractivity contribution in [2.75, 3.05) is 4.90 Å². The molecule has 0 bridgehead atoms. The largest absolute Gasteiger partial charge is 0.442 e. The number of ether oxygens (including phenoxy) is 1. The maximum absolute atomic E-state index is 12.4. The molecule has 0 fully saturated rings. The smallest absolute Gasteiger partial charge is 0.438 e. The molecule has 0 radical (unpaired) electrons. The fraction of sp³-hybridized carbons (Fsp3) is 0.444. The monoisotopic (exact) mass is 314 g/mol. The van der Waals surface area contributed by atoms with Crippen LogP contribution < -0.4 is 4.90 Å². The summed E-state index contributed by atoms with van der Waals surface area (Å²) in [6, 6.07) is 6.03. The molecule has 0 unspecified atom stereocenters. The van der Waals surface area contributed by atoms with E-state index < -0.39 is 13.7 Å². The summed E-state index contributed by atoms with van der Waals surface area (Å²) in [4.78, 5) is 14.0. The molecule has 116 valence electrons. The first-order valence-corrected chi connectivity index (χ1v) is 11.0. The van der Waals surface area contributed by atoms with E-state index in [0.717, 1.165) is 22.5 Å². The van der Waals surface area contributed by atoms with E-state index in [1.165, 1.54) is 0 Å². The third-order valence-electron chi connectivity index (χ3n) is 3.00. The molecule has 1 aromatic rings. The zero-order chi connectivity index (χ0) is 16.7. The van der Waals surface area contributed by atoms with Crippen LogP contribution in [-0.4, -0.2) is 19.8 Å². The van der Waals surface area contributed by atoms with Crippen LogP contribution in [0.3, 0.4) is 0 Å². The standard InChI is InChI=1S/C18H24NO2Si/c1-13-8-9-15-14(12-13)16(10-11-22(5,6)7)19(15)17(20)21-18(2,3)4/h8-9,12H,1-7H3/q+1. The summed E-state index contributed by atoms with van der Waals surface area (Å²) in [5, 5.41) is 0. The second-order valence-corrected chi connectivity index (χ2v) is 12.4. The second-order valence-electron chi connectivity index (χ2n) is 7.68. The lowest BCUT2D eigenvalue weighted by molar-refractivity contribution is 0.0597. The van der Waals surface area contributed by atoms with Crippen molar-refractivity contribution >= 4 is 25.6 Å². The van der Waals surface area contributed by atoms with Crippen LogP contribution in [0.1, 0.15) is 31.9 Å². The van der Waals surface area contributed by atoms with Gasteiger partial charge in [0.2, 0.25) is 5.70 Å². The first-order valence-electron chi connectivity index (χ1n) is 7.52. The fourth-order valence-corrected chi connectivity index (χ4v) is 2.58. The molecule has 1 aromatic carbocycles. The lowest BCUT2D eigenvalue weighted by Crippen LogP contribution is -2.40. The molecule has 4 heteroatoms. The van der Waals surface area contributed by atoms with E-state index in [4.69, 9.17) is 4.74 Å². The molecule has 0 saturated carbocycles. The number of hydrogen-bond donors (Lipinski definition) is 0. The van der Waals surface area contributed by atoms with E-state index >= 15 is 0 Å². The highest BCUT2D eigenvalue weighted by Crippen LogP contribution is 2.43. The maximum Gasteiger partial charge on any atom is 0.438 e. The van der Waals surface area contributed by atoms with Gasteiger partial charge in [0, 0.05) is 0 Å². The summed E-state index contributed by atoms with van der Waals surface area (Å²) in [5.41, 5.74) is 9.86. The van der Waals surface area contributed by atoms with Crippen molar-refractivity contribution in [3.8, 4) is 0 Å². The number of anilines is 1. The van der Waals surface area contributed by atoms with Gasteiger partial charge in [-0.2, -0.15) is 4.90 Å². The summed E-state index contributed by atoms with van der Waals surface area (Å²) in [5.74, 6) is 0. The zero-order valence-corrected chi connectivity index (χ0v) is 15.5. The molecule has 1 aliphatic heterocycles. The second kappa shape index (κ2) is 5.40. The number of hydrogen-bond acceptors (Lipinski definition) is 2. The number of nitrogens with zero attached hydrogens (tertiary/aromatic N) is 1. The SMILES string of the molecule is Cc1ccc2c(c1)C(=C=[C+][Si](C)(C)C)N2C(=O)OC(C)(C)C. The van der Waals surface area contributed by atoms with Crippen molar-refractivity contribution in [1.29, 1.82) is 0 Å². The Morgan fingerprint density at radius 3 is 2.45 bits per heavy atom. The van der Waals surface area contributed by atoms with Crippen molar-refractivity contribution in [2.24, 2.45) is 0 Å².